The first-order chi connectivity index (χ1) is 11.1. The maximum absolute atomic E-state index is 12.7. The third kappa shape index (κ3) is 3.64. The zero-order valence-corrected chi connectivity index (χ0v) is 13.6. The SMILES string of the molecule is O=C(c1ccc[nH]c1=O)N1CCCCC(c2ccc(Cl)cc2)C1. The first-order valence-electron chi connectivity index (χ1n) is 7.87. The first kappa shape index (κ1) is 15.8. The van der Waals surface area contributed by atoms with Crippen molar-refractivity contribution in [3.63, 3.8) is 0 Å². The summed E-state index contributed by atoms with van der Waals surface area (Å²) >= 11 is 5.96. The molecule has 1 aliphatic heterocycles. The highest BCUT2D eigenvalue weighted by Crippen LogP contribution is 2.28. The summed E-state index contributed by atoms with van der Waals surface area (Å²) in [6, 6.07) is 11.1. The van der Waals surface area contributed by atoms with E-state index in [0.29, 0.717) is 18.1 Å². The lowest BCUT2D eigenvalue weighted by Gasteiger charge is -2.24. The molecule has 0 spiro atoms. The quantitative estimate of drug-likeness (QED) is 0.917. The number of carbonyl (C=O) groups excluding carboxylic acids is 1. The van der Waals surface area contributed by atoms with Crippen molar-refractivity contribution >= 4 is 17.5 Å². The standard InChI is InChI=1S/C18H19ClN2O2/c19-15-8-6-13(7-9-15)14-4-1-2-11-21(12-14)18(23)16-5-3-10-20-17(16)22/h3,5-10,14H,1-2,4,11-12H2,(H,20,22). The second kappa shape index (κ2) is 7.01. The van der Waals surface area contributed by atoms with Crippen molar-refractivity contribution in [1.29, 1.82) is 0 Å². The topological polar surface area (TPSA) is 53.2 Å². The Morgan fingerprint density at radius 3 is 2.70 bits per heavy atom. The van der Waals surface area contributed by atoms with Gasteiger partial charge in [0.15, 0.2) is 0 Å². The van der Waals surface area contributed by atoms with Gasteiger partial charge in [0.1, 0.15) is 5.56 Å². The van der Waals surface area contributed by atoms with E-state index >= 15 is 0 Å². The van der Waals surface area contributed by atoms with E-state index in [4.69, 9.17) is 11.6 Å². The molecule has 120 valence electrons. The van der Waals surface area contributed by atoms with Crippen LogP contribution in [0.4, 0.5) is 0 Å². The van der Waals surface area contributed by atoms with Crippen molar-refractivity contribution in [2.24, 2.45) is 0 Å². The monoisotopic (exact) mass is 330 g/mol. The summed E-state index contributed by atoms with van der Waals surface area (Å²) in [6.45, 7) is 1.33. The van der Waals surface area contributed by atoms with Crippen LogP contribution in [0.2, 0.25) is 5.02 Å². The lowest BCUT2D eigenvalue weighted by Crippen LogP contribution is -2.37. The molecule has 1 unspecified atom stereocenters. The molecule has 0 radical (unpaired) electrons. The molecule has 0 saturated carbocycles. The molecule has 23 heavy (non-hydrogen) atoms. The molecule has 1 N–H and O–H groups in total. The number of amides is 1. The average Bonchev–Trinajstić information content (AvgIpc) is 2.81. The van der Waals surface area contributed by atoms with Crippen LogP contribution < -0.4 is 5.56 Å². The van der Waals surface area contributed by atoms with E-state index in [0.717, 1.165) is 19.3 Å². The Bertz CT molecular complexity index is 739. The summed E-state index contributed by atoms with van der Waals surface area (Å²) < 4.78 is 0. The fourth-order valence-corrected chi connectivity index (χ4v) is 3.22. The predicted molar refractivity (Wildman–Crippen MR) is 91.0 cm³/mol. The normalized spacial score (nSPS) is 18.5. The average molecular weight is 331 g/mol. The zero-order valence-electron chi connectivity index (χ0n) is 12.8. The fraction of sp³-hybridized carbons (Fsp3) is 0.333. The van der Waals surface area contributed by atoms with Gasteiger partial charge in [0.25, 0.3) is 11.5 Å². The van der Waals surface area contributed by atoms with E-state index in [-0.39, 0.29) is 22.9 Å². The van der Waals surface area contributed by atoms with Crippen molar-refractivity contribution in [1.82, 2.24) is 9.88 Å². The van der Waals surface area contributed by atoms with E-state index in [2.05, 4.69) is 4.98 Å². The molecule has 0 bridgehead atoms. The van der Waals surface area contributed by atoms with Crippen LogP contribution in [-0.4, -0.2) is 28.9 Å². The Kier molecular flexibility index (Phi) is 4.82. The van der Waals surface area contributed by atoms with Crippen LogP contribution in [0.15, 0.2) is 47.4 Å². The number of nitrogens with one attached hydrogen (secondary N) is 1. The molecule has 4 nitrogen and oxygen atoms in total. The second-order valence-electron chi connectivity index (χ2n) is 5.91. The van der Waals surface area contributed by atoms with Gasteiger partial charge in [-0.2, -0.15) is 0 Å². The molecule has 1 saturated heterocycles. The van der Waals surface area contributed by atoms with E-state index in [9.17, 15) is 9.59 Å². The highest BCUT2D eigenvalue weighted by molar-refractivity contribution is 6.30. The van der Waals surface area contributed by atoms with Gasteiger partial charge in [-0.1, -0.05) is 30.2 Å². The van der Waals surface area contributed by atoms with Crippen molar-refractivity contribution in [3.05, 3.63) is 69.1 Å². The van der Waals surface area contributed by atoms with Crippen molar-refractivity contribution in [2.75, 3.05) is 13.1 Å². The fourth-order valence-electron chi connectivity index (χ4n) is 3.09. The maximum atomic E-state index is 12.7. The summed E-state index contributed by atoms with van der Waals surface area (Å²) in [5, 5.41) is 0.714. The number of hydrogen-bond donors (Lipinski definition) is 1. The van der Waals surface area contributed by atoms with Gasteiger partial charge in [0.2, 0.25) is 0 Å². The number of carbonyl (C=O) groups is 1. The van der Waals surface area contributed by atoms with Gasteiger partial charge in [-0.25, -0.2) is 0 Å². The van der Waals surface area contributed by atoms with Crippen LogP contribution in [0.1, 0.15) is 41.1 Å². The molecule has 0 aliphatic carbocycles. The third-order valence-electron chi connectivity index (χ3n) is 4.35. The zero-order chi connectivity index (χ0) is 16.2. The molecule has 2 aromatic rings. The van der Waals surface area contributed by atoms with E-state index in [1.54, 1.807) is 17.0 Å². The van der Waals surface area contributed by atoms with Gasteiger partial charge in [0, 0.05) is 30.2 Å². The van der Waals surface area contributed by atoms with Crippen molar-refractivity contribution in [3.8, 4) is 0 Å². The van der Waals surface area contributed by atoms with Gasteiger partial charge in [-0.3, -0.25) is 9.59 Å². The molecule has 1 atom stereocenters. The van der Waals surface area contributed by atoms with Crippen LogP contribution >= 0.6 is 11.6 Å². The minimum absolute atomic E-state index is 0.187. The summed E-state index contributed by atoms with van der Waals surface area (Å²) in [5.74, 6) is 0.0919. The molecule has 1 fully saturated rings. The van der Waals surface area contributed by atoms with Crippen molar-refractivity contribution < 1.29 is 4.79 Å². The van der Waals surface area contributed by atoms with Gasteiger partial charge in [-0.05, 0) is 42.7 Å². The number of aromatic nitrogens is 1. The Hall–Kier alpha value is -2.07. The Morgan fingerprint density at radius 1 is 1.17 bits per heavy atom. The first-order valence-corrected chi connectivity index (χ1v) is 8.25. The Morgan fingerprint density at radius 2 is 1.96 bits per heavy atom. The molecule has 1 amide bonds. The molecule has 1 aromatic heterocycles. The molecular weight excluding hydrogens is 312 g/mol. The van der Waals surface area contributed by atoms with Gasteiger partial charge >= 0.3 is 0 Å². The van der Waals surface area contributed by atoms with E-state index in [1.807, 2.05) is 24.3 Å². The van der Waals surface area contributed by atoms with Crippen LogP contribution in [0.25, 0.3) is 0 Å². The Balaban J connectivity index is 1.82. The predicted octanol–water partition coefficient (Wildman–Crippen LogP) is 3.44. The minimum atomic E-state index is -0.329. The highest BCUT2D eigenvalue weighted by Gasteiger charge is 2.25. The van der Waals surface area contributed by atoms with E-state index in [1.165, 1.54) is 11.8 Å². The summed E-state index contributed by atoms with van der Waals surface area (Å²) in [6.07, 6.45) is 4.61. The van der Waals surface area contributed by atoms with Gasteiger partial charge < -0.3 is 9.88 Å². The molecular formula is C18H19ClN2O2. The number of pyridine rings is 1. The Labute approximate surface area is 140 Å². The number of nitrogens with zero attached hydrogens (tertiary/aromatic N) is 1. The second-order valence-corrected chi connectivity index (χ2v) is 6.34. The largest absolute Gasteiger partial charge is 0.338 e. The van der Waals surface area contributed by atoms with Gasteiger partial charge in [0.05, 0.1) is 0 Å². The number of aromatic amines is 1. The van der Waals surface area contributed by atoms with Crippen LogP contribution in [0, 0.1) is 0 Å². The summed E-state index contributed by atoms with van der Waals surface area (Å²) in [7, 11) is 0. The number of hydrogen-bond acceptors (Lipinski definition) is 2. The lowest BCUT2D eigenvalue weighted by atomic mass is 9.94. The summed E-state index contributed by atoms with van der Waals surface area (Å²) in [5.41, 5.74) is 1.07. The number of likely N-dealkylation sites (tertiary alicyclic amines) is 1. The molecule has 1 aliphatic rings. The van der Waals surface area contributed by atoms with Crippen LogP contribution in [0.5, 0.6) is 0 Å². The minimum Gasteiger partial charge on any atom is -0.338 e. The maximum Gasteiger partial charge on any atom is 0.260 e. The smallest absolute Gasteiger partial charge is 0.260 e. The number of rotatable bonds is 2. The molecule has 2 heterocycles. The number of H-pyrrole nitrogens is 1. The molecule has 3 rings (SSSR count). The molecule has 1 aromatic carbocycles. The highest BCUT2D eigenvalue weighted by atomic mass is 35.5. The van der Waals surface area contributed by atoms with E-state index < -0.39 is 0 Å². The number of benzene rings is 1. The van der Waals surface area contributed by atoms with Crippen LogP contribution in [0.3, 0.4) is 0 Å². The third-order valence-corrected chi connectivity index (χ3v) is 4.60. The lowest BCUT2D eigenvalue weighted by molar-refractivity contribution is 0.0752. The van der Waals surface area contributed by atoms with Gasteiger partial charge in [-0.15, -0.1) is 0 Å². The van der Waals surface area contributed by atoms with Crippen LogP contribution in [-0.2, 0) is 0 Å². The number of halogens is 1. The summed E-state index contributed by atoms with van der Waals surface area (Å²) in [4.78, 5) is 28.9. The van der Waals surface area contributed by atoms with Crippen molar-refractivity contribution in [2.45, 2.75) is 25.2 Å². The molecule has 5 heteroatoms.